The maximum absolute atomic E-state index is 12.4. The van der Waals surface area contributed by atoms with Crippen molar-refractivity contribution < 1.29 is 18.4 Å². The number of pyridine rings is 2. The summed E-state index contributed by atoms with van der Waals surface area (Å²) in [6, 6.07) is 3.72. The Balaban J connectivity index is 2.27. The fourth-order valence-electron chi connectivity index (χ4n) is 1.45. The summed E-state index contributed by atoms with van der Waals surface area (Å²) in [4.78, 5) is 8.15. The van der Waals surface area contributed by atoms with E-state index in [1.54, 1.807) is 0 Å². The van der Waals surface area contributed by atoms with E-state index in [9.17, 15) is 13.2 Å². The Morgan fingerprint density at radius 3 is 2.57 bits per heavy atom. The molecule has 0 unspecified atom stereocenters. The normalized spacial score (nSPS) is 12.4. The summed E-state index contributed by atoms with van der Waals surface area (Å²) in [5.74, 6) is -0.119. The average Bonchev–Trinajstić information content (AvgIpc) is 2.46. The number of hydrogen-bond donors (Lipinski definition) is 2. The molecule has 0 atom stereocenters. The van der Waals surface area contributed by atoms with Gasteiger partial charge in [-0.05, 0) is 18.2 Å². The van der Waals surface area contributed by atoms with Crippen molar-refractivity contribution in [1.82, 2.24) is 9.97 Å². The monoisotopic (exact) mass is 314 g/mol. The molecule has 0 aromatic carbocycles. The molecule has 0 fully saturated rings. The molecule has 2 aromatic heterocycles. The van der Waals surface area contributed by atoms with Crippen molar-refractivity contribution in [3.8, 4) is 0 Å². The van der Waals surface area contributed by atoms with Crippen LogP contribution >= 0.6 is 11.8 Å². The molecule has 21 heavy (non-hydrogen) atoms. The van der Waals surface area contributed by atoms with Gasteiger partial charge in [-0.2, -0.15) is 13.2 Å². The number of rotatable bonds is 3. The fourth-order valence-corrected chi connectivity index (χ4v) is 2.31. The van der Waals surface area contributed by atoms with Gasteiger partial charge in [-0.1, -0.05) is 16.9 Å². The Bertz CT molecular complexity index is 658. The number of amidine groups is 1. The van der Waals surface area contributed by atoms with Gasteiger partial charge in [0.1, 0.15) is 5.03 Å². The van der Waals surface area contributed by atoms with Gasteiger partial charge in [0.25, 0.3) is 0 Å². The lowest BCUT2D eigenvalue weighted by molar-refractivity contribution is -0.137. The zero-order valence-corrected chi connectivity index (χ0v) is 11.2. The largest absolute Gasteiger partial charge is 0.417 e. The van der Waals surface area contributed by atoms with Crippen molar-refractivity contribution in [2.45, 2.75) is 16.1 Å². The maximum atomic E-state index is 12.4. The second-order valence-corrected chi connectivity index (χ2v) is 4.90. The molecule has 3 N–H and O–H groups in total. The van der Waals surface area contributed by atoms with Crippen LogP contribution in [0.3, 0.4) is 0 Å². The van der Waals surface area contributed by atoms with Crippen LogP contribution in [-0.2, 0) is 6.18 Å². The predicted molar refractivity (Wildman–Crippen MR) is 70.1 cm³/mol. The number of nitrogens with zero attached hydrogens (tertiary/aromatic N) is 3. The smallest absolute Gasteiger partial charge is 0.409 e. The molecule has 0 spiro atoms. The molecule has 9 heteroatoms. The van der Waals surface area contributed by atoms with Gasteiger partial charge in [0.15, 0.2) is 5.84 Å². The Labute approximate surface area is 121 Å². The Kier molecular flexibility index (Phi) is 4.32. The van der Waals surface area contributed by atoms with E-state index >= 15 is 0 Å². The quantitative estimate of drug-likeness (QED) is 0.394. The number of halogens is 3. The molecule has 0 radical (unpaired) electrons. The second kappa shape index (κ2) is 6.00. The molecular formula is C12H9F3N4OS. The van der Waals surface area contributed by atoms with Gasteiger partial charge in [-0.25, -0.2) is 4.98 Å². The first-order valence-corrected chi connectivity index (χ1v) is 6.36. The Morgan fingerprint density at radius 2 is 2.00 bits per heavy atom. The highest BCUT2D eigenvalue weighted by atomic mass is 32.2. The third-order valence-corrected chi connectivity index (χ3v) is 3.44. The standard InChI is InChI=1S/C12H9F3N4OS/c13-12(14,15)7-1-2-10(18-5-7)21-9-6-17-4-3-8(9)11(16)19-20/h1-6,20H,(H2,16,19). The molecule has 0 saturated heterocycles. The summed E-state index contributed by atoms with van der Waals surface area (Å²) in [6.07, 6.45) is -0.763. The summed E-state index contributed by atoms with van der Waals surface area (Å²) >= 11 is 1.06. The third-order valence-electron chi connectivity index (χ3n) is 2.45. The van der Waals surface area contributed by atoms with Gasteiger partial charge < -0.3 is 10.9 Å². The van der Waals surface area contributed by atoms with Gasteiger partial charge in [0.05, 0.1) is 5.56 Å². The molecule has 2 rings (SSSR count). The first kappa shape index (κ1) is 15.1. The van der Waals surface area contributed by atoms with Crippen LogP contribution < -0.4 is 5.73 Å². The van der Waals surface area contributed by atoms with E-state index in [-0.39, 0.29) is 5.84 Å². The SMILES string of the molecule is N/C(=N/O)c1ccncc1Sc1ccc(C(F)(F)F)cn1. The molecule has 0 aliphatic rings. The summed E-state index contributed by atoms with van der Waals surface area (Å²) in [5, 5.41) is 11.9. The van der Waals surface area contributed by atoms with Gasteiger partial charge in [-0.15, -0.1) is 0 Å². The molecule has 5 nitrogen and oxygen atoms in total. The number of nitrogens with two attached hydrogens (primary N) is 1. The van der Waals surface area contributed by atoms with Crippen molar-refractivity contribution in [2.75, 3.05) is 0 Å². The minimum atomic E-state index is -4.43. The van der Waals surface area contributed by atoms with Gasteiger partial charge in [0.2, 0.25) is 0 Å². The molecule has 2 heterocycles. The molecular weight excluding hydrogens is 305 g/mol. The van der Waals surface area contributed by atoms with Crippen LogP contribution in [0.5, 0.6) is 0 Å². The van der Waals surface area contributed by atoms with Gasteiger partial charge in [-0.3, -0.25) is 4.98 Å². The maximum Gasteiger partial charge on any atom is 0.417 e. The van der Waals surface area contributed by atoms with E-state index in [4.69, 9.17) is 10.9 Å². The first-order valence-electron chi connectivity index (χ1n) is 5.55. The second-order valence-electron chi connectivity index (χ2n) is 3.84. The summed E-state index contributed by atoms with van der Waals surface area (Å²) in [7, 11) is 0. The third kappa shape index (κ3) is 3.63. The van der Waals surface area contributed by atoms with Crippen molar-refractivity contribution in [3.05, 3.63) is 47.9 Å². The number of aromatic nitrogens is 2. The van der Waals surface area contributed by atoms with E-state index < -0.39 is 11.7 Å². The van der Waals surface area contributed by atoms with Crippen LogP contribution in [0.1, 0.15) is 11.1 Å². The molecule has 110 valence electrons. The number of alkyl halides is 3. The van der Waals surface area contributed by atoms with Crippen LogP contribution in [0.15, 0.2) is 51.9 Å². The summed E-state index contributed by atoms with van der Waals surface area (Å²) < 4.78 is 37.3. The van der Waals surface area contributed by atoms with Crippen molar-refractivity contribution >= 4 is 17.6 Å². The van der Waals surface area contributed by atoms with Crippen LogP contribution in [0.4, 0.5) is 13.2 Å². The molecule has 0 saturated carbocycles. The fraction of sp³-hybridized carbons (Fsp3) is 0.0833. The van der Waals surface area contributed by atoms with E-state index in [1.807, 2.05) is 0 Å². The summed E-state index contributed by atoms with van der Waals surface area (Å²) in [6.45, 7) is 0. The highest BCUT2D eigenvalue weighted by molar-refractivity contribution is 7.99. The van der Waals surface area contributed by atoms with E-state index in [2.05, 4.69) is 15.1 Å². The molecule has 0 aliphatic carbocycles. The first-order chi connectivity index (χ1) is 9.91. The minimum Gasteiger partial charge on any atom is -0.409 e. The zero-order chi connectivity index (χ0) is 15.5. The van der Waals surface area contributed by atoms with Crippen molar-refractivity contribution in [2.24, 2.45) is 10.9 Å². The van der Waals surface area contributed by atoms with Crippen LogP contribution in [0, 0.1) is 0 Å². The molecule has 2 aromatic rings. The highest BCUT2D eigenvalue weighted by Crippen LogP contribution is 2.32. The topological polar surface area (TPSA) is 84.4 Å². The van der Waals surface area contributed by atoms with Crippen LogP contribution in [-0.4, -0.2) is 21.0 Å². The van der Waals surface area contributed by atoms with Crippen LogP contribution in [0.25, 0.3) is 0 Å². The van der Waals surface area contributed by atoms with Crippen LogP contribution in [0.2, 0.25) is 0 Å². The van der Waals surface area contributed by atoms with E-state index in [1.165, 1.54) is 24.5 Å². The minimum absolute atomic E-state index is 0.119. The van der Waals surface area contributed by atoms with Gasteiger partial charge in [0, 0.05) is 29.0 Å². The summed E-state index contributed by atoms with van der Waals surface area (Å²) in [5.41, 5.74) is 5.11. The Morgan fingerprint density at radius 1 is 1.24 bits per heavy atom. The zero-order valence-electron chi connectivity index (χ0n) is 10.4. The molecule has 0 aliphatic heterocycles. The number of hydrogen-bond acceptors (Lipinski definition) is 5. The predicted octanol–water partition coefficient (Wildman–Crippen LogP) is 2.74. The molecule has 0 amide bonds. The number of oxime groups is 1. The lowest BCUT2D eigenvalue weighted by Gasteiger charge is -2.08. The van der Waals surface area contributed by atoms with Crippen molar-refractivity contribution in [1.29, 1.82) is 0 Å². The van der Waals surface area contributed by atoms with Crippen molar-refractivity contribution in [3.63, 3.8) is 0 Å². The highest BCUT2D eigenvalue weighted by Gasteiger charge is 2.30. The van der Waals surface area contributed by atoms with Gasteiger partial charge >= 0.3 is 6.18 Å². The van der Waals surface area contributed by atoms with E-state index in [0.717, 1.165) is 24.0 Å². The Hall–Kier alpha value is -2.29. The van der Waals surface area contributed by atoms with E-state index in [0.29, 0.717) is 15.5 Å². The molecule has 0 bridgehead atoms. The lowest BCUT2D eigenvalue weighted by Crippen LogP contribution is -2.14. The lowest BCUT2D eigenvalue weighted by atomic mass is 10.2. The average molecular weight is 314 g/mol.